The van der Waals surface area contributed by atoms with Crippen LogP contribution < -0.4 is 0 Å². The number of benzene rings is 1. The second-order valence-corrected chi connectivity index (χ2v) is 7.57. The van der Waals surface area contributed by atoms with Crippen LogP contribution in [0.1, 0.15) is 36.8 Å². The first-order chi connectivity index (χ1) is 10.5. The Labute approximate surface area is 134 Å². The van der Waals surface area contributed by atoms with Crippen LogP contribution in [0.5, 0.6) is 0 Å². The minimum Gasteiger partial charge on any atom is -0.342 e. The first kappa shape index (κ1) is 15.5. The smallest absolute Gasteiger partial charge is 0.226 e. The van der Waals surface area contributed by atoms with E-state index in [4.69, 9.17) is 0 Å². The largest absolute Gasteiger partial charge is 0.342 e. The Kier molecular flexibility index (Phi) is 4.26. The third-order valence-corrected chi connectivity index (χ3v) is 5.72. The second kappa shape index (κ2) is 6.04. The predicted molar refractivity (Wildman–Crippen MR) is 89.8 cm³/mol. The van der Waals surface area contributed by atoms with Crippen LogP contribution in [0.4, 0.5) is 0 Å². The van der Waals surface area contributed by atoms with Crippen molar-refractivity contribution in [1.29, 1.82) is 0 Å². The van der Waals surface area contributed by atoms with E-state index in [-0.39, 0.29) is 0 Å². The molecular weight excluding hydrogens is 272 g/mol. The molecule has 120 valence electrons. The molecule has 3 rings (SSSR count). The summed E-state index contributed by atoms with van der Waals surface area (Å²) in [7, 11) is 4.36. The number of aryl methyl sites for hydroxylation is 1. The molecule has 0 aromatic heterocycles. The lowest BCUT2D eigenvalue weighted by atomic mass is 9.60. The van der Waals surface area contributed by atoms with E-state index in [0.29, 0.717) is 17.7 Å². The number of rotatable bonds is 3. The van der Waals surface area contributed by atoms with Crippen LogP contribution in [0, 0.1) is 12.3 Å². The van der Waals surface area contributed by atoms with E-state index in [0.717, 1.165) is 24.7 Å². The molecule has 1 spiro atoms. The molecule has 1 saturated carbocycles. The van der Waals surface area contributed by atoms with Crippen LogP contribution in [0.15, 0.2) is 24.3 Å². The third kappa shape index (κ3) is 3.19. The quantitative estimate of drug-likeness (QED) is 0.857. The van der Waals surface area contributed by atoms with Gasteiger partial charge >= 0.3 is 0 Å². The Hall–Kier alpha value is -1.35. The average molecular weight is 300 g/mol. The molecule has 22 heavy (non-hydrogen) atoms. The normalized spacial score (nSPS) is 21.2. The standard InChI is InChI=1S/C19H28N2O/c1-15-4-6-16(7-5-15)12-18(22)21-10-8-19(9-11-21)13-17(14-19)20(2)3/h4-7,17H,8-14H2,1-3H3. The zero-order valence-electron chi connectivity index (χ0n) is 14.1. The molecule has 1 aromatic rings. The van der Waals surface area contributed by atoms with E-state index >= 15 is 0 Å². The number of nitrogens with zero attached hydrogens (tertiary/aromatic N) is 2. The van der Waals surface area contributed by atoms with Crippen molar-refractivity contribution in [3.63, 3.8) is 0 Å². The molecule has 3 heteroatoms. The van der Waals surface area contributed by atoms with E-state index in [1.165, 1.54) is 31.2 Å². The number of likely N-dealkylation sites (tertiary alicyclic amines) is 1. The van der Waals surface area contributed by atoms with Gasteiger partial charge in [0.15, 0.2) is 0 Å². The molecule has 0 radical (unpaired) electrons. The summed E-state index contributed by atoms with van der Waals surface area (Å²) < 4.78 is 0. The van der Waals surface area contributed by atoms with Crippen molar-refractivity contribution < 1.29 is 4.79 Å². The summed E-state index contributed by atoms with van der Waals surface area (Å²) in [4.78, 5) is 16.9. The van der Waals surface area contributed by atoms with Gasteiger partial charge in [-0.1, -0.05) is 29.8 Å². The van der Waals surface area contributed by atoms with Crippen molar-refractivity contribution in [3.8, 4) is 0 Å². The van der Waals surface area contributed by atoms with Crippen LogP contribution >= 0.6 is 0 Å². The van der Waals surface area contributed by atoms with Crippen molar-refractivity contribution in [3.05, 3.63) is 35.4 Å². The summed E-state index contributed by atoms with van der Waals surface area (Å²) in [6.07, 6.45) is 5.57. The minimum atomic E-state index is 0.294. The van der Waals surface area contributed by atoms with Crippen molar-refractivity contribution in [2.75, 3.05) is 27.2 Å². The molecule has 1 saturated heterocycles. The van der Waals surface area contributed by atoms with Crippen molar-refractivity contribution in [2.45, 2.75) is 45.1 Å². The van der Waals surface area contributed by atoms with E-state index in [9.17, 15) is 4.79 Å². The molecule has 1 amide bonds. The summed E-state index contributed by atoms with van der Waals surface area (Å²) in [6, 6.07) is 9.08. The number of carbonyl (C=O) groups excluding carboxylic acids is 1. The highest BCUT2D eigenvalue weighted by Crippen LogP contribution is 2.50. The summed E-state index contributed by atoms with van der Waals surface area (Å²) in [5.74, 6) is 0.294. The first-order valence-corrected chi connectivity index (χ1v) is 8.47. The van der Waals surface area contributed by atoms with Gasteiger partial charge in [0.1, 0.15) is 0 Å². The minimum absolute atomic E-state index is 0.294. The lowest BCUT2D eigenvalue weighted by Crippen LogP contribution is -2.54. The number of amides is 1. The van der Waals surface area contributed by atoms with Crippen molar-refractivity contribution in [1.82, 2.24) is 9.80 Å². The van der Waals surface area contributed by atoms with Crippen LogP contribution in [-0.4, -0.2) is 48.9 Å². The highest BCUT2D eigenvalue weighted by molar-refractivity contribution is 5.78. The Morgan fingerprint density at radius 3 is 2.32 bits per heavy atom. The monoisotopic (exact) mass is 300 g/mol. The number of hydrogen-bond acceptors (Lipinski definition) is 2. The summed E-state index contributed by atoms with van der Waals surface area (Å²) >= 11 is 0. The van der Waals surface area contributed by atoms with Crippen LogP contribution in [0.25, 0.3) is 0 Å². The molecule has 2 aliphatic rings. The van der Waals surface area contributed by atoms with Gasteiger partial charge in [0.25, 0.3) is 0 Å². The molecule has 1 aliphatic heterocycles. The van der Waals surface area contributed by atoms with Gasteiger partial charge in [0.2, 0.25) is 5.91 Å². The van der Waals surface area contributed by atoms with E-state index in [2.05, 4.69) is 55.1 Å². The number of carbonyl (C=O) groups is 1. The van der Waals surface area contributed by atoms with Gasteiger partial charge < -0.3 is 9.80 Å². The highest BCUT2D eigenvalue weighted by Gasteiger charge is 2.46. The van der Waals surface area contributed by atoms with Gasteiger partial charge in [-0.15, -0.1) is 0 Å². The predicted octanol–water partition coefficient (Wildman–Crippen LogP) is 2.87. The number of piperidine rings is 1. The molecular formula is C19H28N2O. The fourth-order valence-corrected chi connectivity index (χ4v) is 3.94. The Morgan fingerprint density at radius 2 is 1.77 bits per heavy atom. The van der Waals surface area contributed by atoms with E-state index in [1.807, 2.05) is 0 Å². The number of hydrogen-bond donors (Lipinski definition) is 0. The SMILES string of the molecule is Cc1ccc(CC(=O)N2CCC3(CC2)CC(N(C)C)C3)cc1. The van der Waals surface area contributed by atoms with Gasteiger partial charge in [-0.05, 0) is 57.7 Å². The molecule has 0 N–H and O–H groups in total. The Morgan fingerprint density at radius 1 is 1.18 bits per heavy atom. The van der Waals surface area contributed by atoms with Gasteiger partial charge in [0.05, 0.1) is 6.42 Å². The molecule has 1 aromatic carbocycles. The van der Waals surface area contributed by atoms with Crippen LogP contribution in [-0.2, 0) is 11.2 Å². The van der Waals surface area contributed by atoms with Crippen LogP contribution in [0.2, 0.25) is 0 Å². The van der Waals surface area contributed by atoms with E-state index < -0.39 is 0 Å². The molecule has 3 nitrogen and oxygen atoms in total. The van der Waals surface area contributed by atoms with Gasteiger partial charge in [-0.25, -0.2) is 0 Å². The van der Waals surface area contributed by atoms with Crippen molar-refractivity contribution >= 4 is 5.91 Å². The average Bonchev–Trinajstić information content (AvgIpc) is 2.47. The summed E-state index contributed by atoms with van der Waals surface area (Å²) in [5, 5.41) is 0. The maximum Gasteiger partial charge on any atom is 0.226 e. The lowest BCUT2D eigenvalue weighted by molar-refractivity contribution is -0.134. The van der Waals surface area contributed by atoms with E-state index in [1.54, 1.807) is 0 Å². The zero-order chi connectivity index (χ0) is 15.7. The van der Waals surface area contributed by atoms with Crippen molar-refractivity contribution in [2.24, 2.45) is 5.41 Å². The fraction of sp³-hybridized carbons (Fsp3) is 0.632. The molecule has 1 aliphatic carbocycles. The van der Waals surface area contributed by atoms with Gasteiger partial charge in [-0.2, -0.15) is 0 Å². The Balaban J connectivity index is 1.49. The zero-order valence-corrected chi connectivity index (χ0v) is 14.1. The summed E-state index contributed by atoms with van der Waals surface area (Å²) in [5.41, 5.74) is 2.92. The lowest BCUT2D eigenvalue weighted by Gasteiger charge is -2.54. The topological polar surface area (TPSA) is 23.6 Å². The molecule has 0 unspecified atom stereocenters. The van der Waals surface area contributed by atoms with Gasteiger partial charge in [-0.3, -0.25) is 4.79 Å². The molecule has 0 atom stereocenters. The Bertz CT molecular complexity index is 519. The maximum atomic E-state index is 12.5. The third-order valence-electron chi connectivity index (χ3n) is 5.72. The first-order valence-electron chi connectivity index (χ1n) is 8.47. The second-order valence-electron chi connectivity index (χ2n) is 7.57. The molecule has 0 bridgehead atoms. The summed E-state index contributed by atoms with van der Waals surface area (Å²) in [6.45, 7) is 3.98. The fourth-order valence-electron chi connectivity index (χ4n) is 3.94. The molecule has 1 heterocycles. The maximum absolute atomic E-state index is 12.5. The highest BCUT2D eigenvalue weighted by atomic mass is 16.2. The molecule has 2 fully saturated rings. The van der Waals surface area contributed by atoms with Crippen LogP contribution in [0.3, 0.4) is 0 Å². The van der Waals surface area contributed by atoms with Gasteiger partial charge in [0, 0.05) is 19.1 Å².